The quantitative estimate of drug-likeness (QED) is 0.845. The van der Waals surface area contributed by atoms with Crippen molar-refractivity contribution in [2.24, 2.45) is 17.6 Å². The van der Waals surface area contributed by atoms with Gasteiger partial charge < -0.3 is 10.5 Å². The van der Waals surface area contributed by atoms with E-state index in [9.17, 15) is 0 Å². The van der Waals surface area contributed by atoms with Gasteiger partial charge in [0.2, 0.25) is 0 Å². The highest BCUT2D eigenvalue weighted by Gasteiger charge is 2.30. The van der Waals surface area contributed by atoms with Crippen LogP contribution < -0.4 is 10.5 Å². The number of nitrogens with two attached hydrogens (primary N) is 1. The van der Waals surface area contributed by atoms with E-state index >= 15 is 0 Å². The lowest BCUT2D eigenvalue weighted by atomic mass is 9.92. The van der Waals surface area contributed by atoms with E-state index in [0.717, 1.165) is 37.0 Å². The Kier molecular flexibility index (Phi) is 4.30. The maximum Gasteiger partial charge on any atom is 0.137 e. The van der Waals surface area contributed by atoms with Crippen LogP contribution in [0.25, 0.3) is 0 Å². The zero-order chi connectivity index (χ0) is 12.3. The van der Waals surface area contributed by atoms with Gasteiger partial charge in [-0.3, -0.25) is 0 Å². The van der Waals surface area contributed by atoms with Crippen molar-refractivity contribution in [2.45, 2.75) is 25.7 Å². The molecule has 0 spiro atoms. The Labute approximate surface area is 108 Å². The zero-order valence-electron chi connectivity index (χ0n) is 10.3. The zero-order valence-corrected chi connectivity index (χ0v) is 11.0. The Morgan fingerprint density at radius 2 is 2.24 bits per heavy atom. The van der Waals surface area contributed by atoms with Gasteiger partial charge in [0, 0.05) is 0 Å². The Balaban J connectivity index is 2.03. The van der Waals surface area contributed by atoms with Gasteiger partial charge in [0.15, 0.2) is 0 Å². The van der Waals surface area contributed by atoms with E-state index in [-0.39, 0.29) is 0 Å². The number of hydrogen-bond donors (Lipinski definition) is 1. The Morgan fingerprint density at radius 3 is 2.76 bits per heavy atom. The fourth-order valence-corrected chi connectivity index (χ4v) is 2.71. The maximum atomic E-state index is 6.14. The predicted octanol–water partition coefficient (Wildman–Crippen LogP) is 3.27. The summed E-state index contributed by atoms with van der Waals surface area (Å²) in [6.07, 6.45) is 4.95. The van der Waals surface area contributed by atoms with E-state index in [1.54, 1.807) is 7.11 Å². The number of ether oxygens (including phenoxy) is 1. The average Bonchev–Trinajstić information content (AvgIpc) is 3.12. The fraction of sp³-hybridized carbons (Fsp3) is 0.571. The first-order valence-corrected chi connectivity index (χ1v) is 6.65. The molecular weight excluding hydrogens is 234 g/mol. The van der Waals surface area contributed by atoms with Crippen LogP contribution in [-0.4, -0.2) is 13.7 Å². The summed E-state index contributed by atoms with van der Waals surface area (Å²) in [5.41, 5.74) is 6.97. The summed E-state index contributed by atoms with van der Waals surface area (Å²) in [7, 11) is 1.64. The molecule has 2 N–H and O–H groups in total. The second-order valence-electron chi connectivity index (χ2n) is 4.85. The van der Waals surface area contributed by atoms with E-state index in [2.05, 4.69) is 6.07 Å². The summed E-state index contributed by atoms with van der Waals surface area (Å²) in [6.45, 7) is 0.783. The monoisotopic (exact) mass is 253 g/mol. The lowest BCUT2D eigenvalue weighted by Crippen LogP contribution is -2.13. The summed E-state index contributed by atoms with van der Waals surface area (Å²) in [5.74, 6) is 2.36. The van der Waals surface area contributed by atoms with E-state index < -0.39 is 0 Å². The summed E-state index contributed by atoms with van der Waals surface area (Å²) in [4.78, 5) is 0. The molecule has 1 atom stereocenters. The first kappa shape index (κ1) is 12.7. The van der Waals surface area contributed by atoms with E-state index in [1.807, 2.05) is 12.1 Å². The van der Waals surface area contributed by atoms with Crippen LogP contribution in [0.1, 0.15) is 24.8 Å². The minimum absolute atomic E-state index is 0.701. The molecule has 2 nitrogen and oxygen atoms in total. The molecule has 17 heavy (non-hydrogen) atoms. The fourth-order valence-electron chi connectivity index (χ4n) is 2.43. The molecule has 1 unspecified atom stereocenters. The molecule has 1 saturated carbocycles. The van der Waals surface area contributed by atoms with Crippen molar-refractivity contribution in [3.8, 4) is 5.75 Å². The minimum atomic E-state index is 0.701. The van der Waals surface area contributed by atoms with Crippen molar-refractivity contribution in [2.75, 3.05) is 13.7 Å². The molecule has 94 valence electrons. The van der Waals surface area contributed by atoms with Gasteiger partial charge in [0.1, 0.15) is 5.75 Å². The second kappa shape index (κ2) is 5.74. The largest absolute Gasteiger partial charge is 0.495 e. The highest BCUT2D eigenvalue weighted by Crippen LogP contribution is 2.40. The molecule has 0 bridgehead atoms. The average molecular weight is 254 g/mol. The van der Waals surface area contributed by atoms with Gasteiger partial charge >= 0.3 is 0 Å². The van der Waals surface area contributed by atoms with Crippen molar-refractivity contribution < 1.29 is 4.74 Å². The highest BCUT2D eigenvalue weighted by molar-refractivity contribution is 6.32. The van der Waals surface area contributed by atoms with Crippen molar-refractivity contribution in [1.82, 2.24) is 0 Å². The third kappa shape index (κ3) is 3.36. The Hall–Kier alpha value is -0.730. The molecule has 0 aromatic heterocycles. The van der Waals surface area contributed by atoms with Gasteiger partial charge in [0.05, 0.1) is 12.1 Å². The first-order chi connectivity index (χ1) is 8.24. The van der Waals surface area contributed by atoms with Gasteiger partial charge in [-0.1, -0.05) is 17.7 Å². The molecule has 0 amide bonds. The topological polar surface area (TPSA) is 35.2 Å². The lowest BCUT2D eigenvalue weighted by Gasteiger charge is -2.15. The molecule has 1 fully saturated rings. The second-order valence-corrected chi connectivity index (χ2v) is 5.26. The van der Waals surface area contributed by atoms with Crippen LogP contribution in [0.3, 0.4) is 0 Å². The number of hydrogen-bond acceptors (Lipinski definition) is 2. The molecular formula is C14H20ClNO. The summed E-state index contributed by atoms with van der Waals surface area (Å²) < 4.78 is 5.16. The molecule has 0 aliphatic heterocycles. The van der Waals surface area contributed by atoms with E-state index in [1.165, 1.54) is 18.4 Å². The molecule has 1 aromatic carbocycles. The van der Waals surface area contributed by atoms with Crippen LogP contribution in [0.5, 0.6) is 5.75 Å². The number of rotatable bonds is 6. The number of halogens is 1. The smallest absolute Gasteiger partial charge is 0.137 e. The molecule has 1 aromatic rings. The van der Waals surface area contributed by atoms with Gasteiger partial charge in [-0.05, 0) is 61.8 Å². The van der Waals surface area contributed by atoms with Crippen molar-refractivity contribution in [3.05, 3.63) is 28.8 Å². The third-order valence-corrected chi connectivity index (χ3v) is 3.84. The normalized spacial score (nSPS) is 16.9. The highest BCUT2D eigenvalue weighted by atomic mass is 35.5. The molecule has 0 saturated heterocycles. The van der Waals surface area contributed by atoms with Crippen molar-refractivity contribution in [3.63, 3.8) is 0 Å². The van der Waals surface area contributed by atoms with E-state index in [4.69, 9.17) is 22.1 Å². The standard InChI is InChI=1S/C14H20ClNO/c1-17-14-5-2-10(9-13(14)15)8-12(6-7-16)11-3-4-11/h2,5,9,11-12H,3-4,6-8,16H2,1H3. The third-order valence-electron chi connectivity index (χ3n) is 3.54. The van der Waals surface area contributed by atoms with Crippen LogP contribution in [0.15, 0.2) is 18.2 Å². The molecule has 1 aliphatic carbocycles. The van der Waals surface area contributed by atoms with Crippen LogP contribution in [0, 0.1) is 11.8 Å². The lowest BCUT2D eigenvalue weighted by molar-refractivity contribution is 0.413. The van der Waals surface area contributed by atoms with Crippen LogP contribution in [0.4, 0.5) is 0 Å². The Bertz CT molecular complexity index is 376. The van der Waals surface area contributed by atoms with Gasteiger partial charge in [-0.2, -0.15) is 0 Å². The Morgan fingerprint density at radius 1 is 1.47 bits per heavy atom. The van der Waals surface area contributed by atoms with Crippen LogP contribution in [0.2, 0.25) is 5.02 Å². The molecule has 0 heterocycles. The molecule has 0 radical (unpaired) electrons. The van der Waals surface area contributed by atoms with Gasteiger partial charge in [0.25, 0.3) is 0 Å². The van der Waals surface area contributed by atoms with Crippen LogP contribution >= 0.6 is 11.6 Å². The SMILES string of the molecule is COc1ccc(CC(CCN)C2CC2)cc1Cl. The predicted molar refractivity (Wildman–Crippen MR) is 71.6 cm³/mol. The van der Waals surface area contributed by atoms with E-state index in [0.29, 0.717) is 5.02 Å². The van der Waals surface area contributed by atoms with Crippen LogP contribution in [-0.2, 0) is 6.42 Å². The number of benzene rings is 1. The van der Waals surface area contributed by atoms with Crippen molar-refractivity contribution >= 4 is 11.6 Å². The number of methoxy groups -OCH3 is 1. The maximum absolute atomic E-state index is 6.14. The molecule has 2 rings (SSSR count). The molecule has 1 aliphatic rings. The van der Waals surface area contributed by atoms with Gasteiger partial charge in [-0.25, -0.2) is 0 Å². The van der Waals surface area contributed by atoms with Gasteiger partial charge in [-0.15, -0.1) is 0 Å². The molecule has 3 heteroatoms. The van der Waals surface area contributed by atoms with Crippen molar-refractivity contribution in [1.29, 1.82) is 0 Å². The summed E-state index contributed by atoms with van der Waals surface area (Å²) in [5, 5.41) is 0.701. The minimum Gasteiger partial charge on any atom is -0.495 e. The first-order valence-electron chi connectivity index (χ1n) is 6.27. The summed E-state index contributed by atoms with van der Waals surface area (Å²) in [6, 6.07) is 6.08. The summed E-state index contributed by atoms with van der Waals surface area (Å²) >= 11 is 6.14.